The zero-order valence-electron chi connectivity index (χ0n) is 15.9. The highest BCUT2D eigenvalue weighted by atomic mass is 32.2. The molecule has 0 unspecified atom stereocenters. The molecule has 0 aliphatic rings. The summed E-state index contributed by atoms with van der Waals surface area (Å²) in [6.45, 7) is 10.9. The first kappa shape index (κ1) is 20.2. The number of amides is 1. The smallest absolute Gasteiger partial charge is 0.234 e. The van der Waals surface area contributed by atoms with Crippen molar-refractivity contribution in [2.24, 2.45) is 0 Å². The van der Waals surface area contributed by atoms with Crippen LogP contribution < -0.4 is 5.32 Å². The van der Waals surface area contributed by atoms with Gasteiger partial charge >= 0.3 is 0 Å². The predicted molar refractivity (Wildman–Crippen MR) is 109 cm³/mol. The fraction of sp³-hybridized carbons (Fsp3) is 0.450. The number of rotatable bonds is 10. The fourth-order valence-corrected chi connectivity index (χ4v) is 3.30. The monoisotopic (exact) mass is 372 g/mol. The van der Waals surface area contributed by atoms with Crippen LogP contribution in [0.1, 0.15) is 50.9 Å². The van der Waals surface area contributed by atoms with Crippen molar-refractivity contribution in [3.8, 4) is 0 Å². The number of hydrogen-bond acceptors (Lipinski definition) is 4. The Hall–Kier alpha value is -2.08. The number of aromatic nitrogens is 3. The van der Waals surface area contributed by atoms with Crippen LogP contribution in [0.5, 0.6) is 0 Å². The molecule has 1 amide bonds. The lowest BCUT2D eigenvalue weighted by Gasteiger charge is -2.09. The number of anilines is 1. The van der Waals surface area contributed by atoms with E-state index in [0.717, 1.165) is 35.9 Å². The van der Waals surface area contributed by atoms with Crippen molar-refractivity contribution in [2.75, 3.05) is 11.1 Å². The summed E-state index contributed by atoms with van der Waals surface area (Å²) in [5.74, 6) is 1.69. The number of hydrogen-bond donors (Lipinski definition) is 1. The average molecular weight is 373 g/mol. The first-order valence-electron chi connectivity index (χ1n) is 9.10. The molecule has 0 radical (unpaired) electrons. The van der Waals surface area contributed by atoms with E-state index in [4.69, 9.17) is 0 Å². The van der Waals surface area contributed by atoms with Crippen LogP contribution in [0.4, 0.5) is 5.69 Å². The Bertz CT molecular complexity index is 722. The maximum Gasteiger partial charge on any atom is 0.234 e. The van der Waals surface area contributed by atoms with Crippen LogP contribution in [0.3, 0.4) is 0 Å². The zero-order chi connectivity index (χ0) is 18.9. The summed E-state index contributed by atoms with van der Waals surface area (Å²) in [7, 11) is 0. The van der Waals surface area contributed by atoms with Gasteiger partial charge in [0.05, 0.1) is 5.75 Å². The molecule has 5 nitrogen and oxygen atoms in total. The second-order valence-electron chi connectivity index (χ2n) is 6.52. The van der Waals surface area contributed by atoms with Gasteiger partial charge in [-0.25, -0.2) is 0 Å². The molecule has 0 spiro atoms. The molecule has 2 rings (SSSR count). The number of carbonyl (C=O) groups is 1. The maximum absolute atomic E-state index is 12.2. The summed E-state index contributed by atoms with van der Waals surface area (Å²) >= 11 is 1.41. The van der Waals surface area contributed by atoms with Crippen LogP contribution in [0.25, 0.3) is 0 Å². The maximum atomic E-state index is 12.2. The molecule has 0 fully saturated rings. The van der Waals surface area contributed by atoms with Gasteiger partial charge in [0.15, 0.2) is 5.16 Å². The standard InChI is InChI=1S/C20H28N4OS/c1-5-7-8-18-22-23-20(24(18)13-6-2)26-14-19(25)21-17-11-9-16(10-12-17)15(3)4/h6,9-12,15H,2,5,7-8,13-14H2,1,3-4H3,(H,21,25). The lowest BCUT2D eigenvalue weighted by Crippen LogP contribution is -2.14. The van der Waals surface area contributed by atoms with Crippen LogP contribution in [-0.4, -0.2) is 26.4 Å². The summed E-state index contributed by atoms with van der Waals surface area (Å²) in [6.07, 6.45) is 4.92. The van der Waals surface area contributed by atoms with E-state index in [1.165, 1.54) is 17.3 Å². The van der Waals surface area contributed by atoms with Crippen LogP contribution in [-0.2, 0) is 17.8 Å². The second kappa shape index (κ2) is 10.2. The van der Waals surface area contributed by atoms with Gasteiger partial charge in [-0.3, -0.25) is 4.79 Å². The molecule has 0 aliphatic carbocycles. The summed E-state index contributed by atoms with van der Waals surface area (Å²) in [5.41, 5.74) is 2.07. The first-order chi connectivity index (χ1) is 12.5. The second-order valence-corrected chi connectivity index (χ2v) is 7.46. The Morgan fingerprint density at radius 3 is 2.65 bits per heavy atom. The van der Waals surface area contributed by atoms with Crippen LogP contribution in [0.2, 0.25) is 0 Å². The lowest BCUT2D eigenvalue weighted by atomic mass is 10.0. The van der Waals surface area contributed by atoms with E-state index in [1.54, 1.807) is 0 Å². The minimum absolute atomic E-state index is 0.0458. The van der Waals surface area contributed by atoms with E-state index in [2.05, 4.69) is 42.9 Å². The van der Waals surface area contributed by atoms with E-state index in [-0.39, 0.29) is 5.91 Å². The molecule has 6 heteroatoms. The van der Waals surface area contributed by atoms with Crippen molar-refractivity contribution < 1.29 is 4.79 Å². The van der Waals surface area contributed by atoms with E-state index < -0.39 is 0 Å². The Balaban J connectivity index is 1.94. The molecule has 0 bridgehead atoms. The number of aryl methyl sites for hydroxylation is 1. The number of nitrogens with one attached hydrogen (secondary N) is 1. The van der Waals surface area contributed by atoms with E-state index >= 15 is 0 Å². The number of benzene rings is 1. The number of thioether (sulfide) groups is 1. The summed E-state index contributed by atoms with van der Waals surface area (Å²) in [4.78, 5) is 12.2. The van der Waals surface area contributed by atoms with Crippen LogP contribution in [0.15, 0.2) is 42.1 Å². The summed E-state index contributed by atoms with van der Waals surface area (Å²) in [5, 5.41) is 12.2. The van der Waals surface area contributed by atoms with Crippen LogP contribution in [0, 0.1) is 0 Å². The van der Waals surface area contributed by atoms with Gasteiger partial charge in [0.25, 0.3) is 0 Å². The third-order valence-electron chi connectivity index (χ3n) is 4.05. The van der Waals surface area contributed by atoms with E-state index in [9.17, 15) is 4.79 Å². The molecule has 1 aromatic carbocycles. The normalized spacial score (nSPS) is 10.9. The molecule has 1 heterocycles. The topological polar surface area (TPSA) is 59.8 Å². The Labute approximate surface area is 160 Å². The number of carbonyl (C=O) groups excluding carboxylic acids is 1. The van der Waals surface area contributed by atoms with Crippen molar-refractivity contribution in [1.82, 2.24) is 14.8 Å². The fourth-order valence-electron chi connectivity index (χ4n) is 2.54. The number of nitrogens with zero attached hydrogens (tertiary/aromatic N) is 3. The predicted octanol–water partition coefficient (Wildman–Crippen LogP) is 4.66. The first-order valence-corrected chi connectivity index (χ1v) is 10.1. The van der Waals surface area contributed by atoms with E-state index in [1.807, 2.05) is 34.9 Å². The molecule has 0 atom stereocenters. The van der Waals surface area contributed by atoms with Crippen molar-refractivity contribution >= 4 is 23.4 Å². The Morgan fingerprint density at radius 2 is 2.04 bits per heavy atom. The highest BCUT2D eigenvalue weighted by molar-refractivity contribution is 7.99. The Kier molecular flexibility index (Phi) is 7.91. The minimum Gasteiger partial charge on any atom is -0.325 e. The van der Waals surface area contributed by atoms with Gasteiger partial charge in [-0.1, -0.05) is 57.2 Å². The molecular formula is C20H28N4OS. The molecule has 140 valence electrons. The van der Waals surface area contributed by atoms with Gasteiger partial charge in [0.2, 0.25) is 5.91 Å². The van der Waals surface area contributed by atoms with Crippen LogP contribution >= 0.6 is 11.8 Å². The summed E-state index contributed by atoms with van der Waals surface area (Å²) < 4.78 is 2.04. The largest absolute Gasteiger partial charge is 0.325 e. The Morgan fingerprint density at radius 1 is 1.31 bits per heavy atom. The lowest BCUT2D eigenvalue weighted by molar-refractivity contribution is -0.113. The number of unbranched alkanes of at least 4 members (excludes halogenated alkanes) is 1. The van der Waals surface area contributed by atoms with Crippen molar-refractivity contribution in [3.63, 3.8) is 0 Å². The zero-order valence-corrected chi connectivity index (χ0v) is 16.7. The molecule has 0 saturated heterocycles. The third kappa shape index (κ3) is 5.73. The molecule has 0 aliphatic heterocycles. The molecule has 1 N–H and O–H groups in total. The van der Waals surface area contributed by atoms with Gasteiger partial charge in [0.1, 0.15) is 5.82 Å². The van der Waals surface area contributed by atoms with Gasteiger partial charge in [0, 0.05) is 18.7 Å². The van der Waals surface area contributed by atoms with Crippen molar-refractivity contribution in [2.45, 2.75) is 57.7 Å². The molecule has 26 heavy (non-hydrogen) atoms. The molecule has 2 aromatic rings. The average Bonchev–Trinajstić information content (AvgIpc) is 3.01. The third-order valence-corrected chi connectivity index (χ3v) is 5.02. The van der Waals surface area contributed by atoms with Gasteiger partial charge in [-0.2, -0.15) is 0 Å². The van der Waals surface area contributed by atoms with Crippen molar-refractivity contribution in [3.05, 3.63) is 48.3 Å². The van der Waals surface area contributed by atoms with Gasteiger partial charge in [-0.05, 0) is 30.0 Å². The molecular weight excluding hydrogens is 344 g/mol. The number of allylic oxidation sites excluding steroid dienone is 1. The highest BCUT2D eigenvalue weighted by Gasteiger charge is 2.13. The highest BCUT2D eigenvalue weighted by Crippen LogP contribution is 2.20. The minimum atomic E-state index is -0.0458. The summed E-state index contributed by atoms with van der Waals surface area (Å²) in [6, 6.07) is 7.99. The molecule has 1 aromatic heterocycles. The van der Waals surface area contributed by atoms with E-state index in [0.29, 0.717) is 18.2 Å². The van der Waals surface area contributed by atoms with Gasteiger partial charge in [-0.15, -0.1) is 16.8 Å². The van der Waals surface area contributed by atoms with Gasteiger partial charge < -0.3 is 9.88 Å². The van der Waals surface area contributed by atoms with Crippen molar-refractivity contribution in [1.29, 1.82) is 0 Å². The molecule has 0 saturated carbocycles. The quantitative estimate of drug-likeness (QED) is 0.487. The SMILES string of the molecule is C=CCn1c(CCCC)nnc1SCC(=O)Nc1ccc(C(C)C)cc1.